The maximum atomic E-state index is 12.9. The van der Waals surface area contributed by atoms with Gasteiger partial charge < -0.3 is 19.0 Å². The van der Waals surface area contributed by atoms with Crippen LogP contribution in [0, 0.1) is 5.92 Å². The number of nitrogens with zero attached hydrogens (tertiary/aromatic N) is 3. The van der Waals surface area contributed by atoms with E-state index in [1.807, 2.05) is 30.1 Å². The van der Waals surface area contributed by atoms with Crippen molar-refractivity contribution in [3.63, 3.8) is 0 Å². The number of hydrogen-bond donors (Lipinski definition) is 1. The zero-order valence-corrected chi connectivity index (χ0v) is 15.2. The summed E-state index contributed by atoms with van der Waals surface area (Å²) in [5.41, 5.74) is 2.05. The molecule has 26 heavy (non-hydrogen) atoms. The van der Waals surface area contributed by atoms with E-state index >= 15 is 0 Å². The molecule has 0 spiro atoms. The number of carbonyl (C=O) groups excluding carboxylic acids is 1. The van der Waals surface area contributed by atoms with Crippen LogP contribution < -0.4 is 5.32 Å². The van der Waals surface area contributed by atoms with Gasteiger partial charge in [0.25, 0.3) is 0 Å². The first-order chi connectivity index (χ1) is 12.7. The van der Waals surface area contributed by atoms with Crippen LogP contribution in [0.2, 0.25) is 0 Å². The summed E-state index contributed by atoms with van der Waals surface area (Å²) in [6.07, 6.45) is 5.63. The fourth-order valence-electron chi connectivity index (χ4n) is 4.03. The maximum Gasteiger partial charge on any atom is 0.230 e. The van der Waals surface area contributed by atoms with Gasteiger partial charge in [-0.2, -0.15) is 0 Å². The zero-order chi connectivity index (χ0) is 17.9. The van der Waals surface area contributed by atoms with E-state index in [4.69, 9.17) is 9.15 Å². The number of hydrogen-bond acceptors (Lipinski definition) is 5. The summed E-state index contributed by atoms with van der Waals surface area (Å²) in [7, 11) is 1.97. The molecule has 0 aromatic carbocycles. The number of nitrogens with one attached hydrogen (secondary N) is 1. The second-order valence-electron chi connectivity index (χ2n) is 7.29. The van der Waals surface area contributed by atoms with Gasteiger partial charge in [0, 0.05) is 39.9 Å². The number of imidazole rings is 1. The van der Waals surface area contributed by atoms with Gasteiger partial charge in [-0.3, -0.25) is 9.69 Å². The minimum atomic E-state index is -0.207. The average molecular weight is 358 g/mol. The van der Waals surface area contributed by atoms with E-state index < -0.39 is 0 Å². The Morgan fingerprint density at radius 3 is 3.00 bits per heavy atom. The third-order valence-electron chi connectivity index (χ3n) is 5.40. The largest absolute Gasteiger partial charge is 0.467 e. The molecule has 2 aliphatic heterocycles. The molecule has 4 rings (SSSR count). The molecule has 1 N–H and O–H groups in total. The fourth-order valence-corrected chi connectivity index (χ4v) is 4.03. The first-order valence-electron chi connectivity index (χ1n) is 9.31. The summed E-state index contributed by atoms with van der Waals surface area (Å²) in [5, 5.41) is 3.02. The Morgan fingerprint density at radius 2 is 2.23 bits per heavy atom. The first-order valence-corrected chi connectivity index (χ1v) is 9.31. The molecule has 0 bridgehead atoms. The molecule has 0 saturated carbocycles. The van der Waals surface area contributed by atoms with Gasteiger partial charge in [0.15, 0.2) is 0 Å². The second-order valence-corrected chi connectivity index (χ2v) is 7.29. The lowest BCUT2D eigenvalue weighted by Gasteiger charge is -2.35. The van der Waals surface area contributed by atoms with Crippen molar-refractivity contribution in [3.8, 4) is 0 Å². The minimum absolute atomic E-state index is 0.0305. The summed E-state index contributed by atoms with van der Waals surface area (Å²) in [4.78, 5) is 19.8. The van der Waals surface area contributed by atoms with Crippen molar-refractivity contribution in [3.05, 3.63) is 41.9 Å². The molecule has 4 heterocycles. The van der Waals surface area contributed by atoms with Crippen LogP contribution in [0.15, 0.2) is 29.1 Å². The third kappa shape index (κ3) is 3.68. The smallest absolute Gasteiger partial charge is 0.230 e. The summed E-state index contributed by atoms with van der Waals surface area (Å²) >= 11 is 0. The van der Waals surface area contributed by atoms with Gasteiger partial charge in [-0.15, -0.1) is 0 Å². The zero-order valence-electron chi connectivity index (χ0n) is 15.2. The SMILES string of the molecule is Cn1cnc2c1[C@H](C(=O)NCc1ccco1)CN(CC1CCOCC1)C2. The molecular formula is C19H26N4O3. The van der Waals surface area contributed by atoms with Crippen LogP contribution in [0.4, 0.5) is 0 Å². The number of fused-ring (bicyclic) bond motifs is 1. The lowest BCUT2D eigenvalue weighted by atomic mass is 9.94. The van der Waals surface area contributed by atoms with Crippen molar-refractivity contribution in [2.45, 2.75) is 31.8 Å². The molecule has 2 aliphatic rings. The molecule has 1 amide bonds. The highest BCUT2D eigenvalue weighted by Crippen LogP contribution is 2.29. The average Bonchev–Trinajstić information content (AvgIpc) is 3.30. The minimum Gasteiger partial charge on any atom is -0.467 e. The van der Waals surface area contributed by atoms with Gasteiger partial charge in [0.1, 0.15) is 5.76 Å². The van der Waals surface area contributed by atoms with Crippen LogP contribution in [0.5, 0.6) is 0 Å². The highest BCUT2D eigenvalue weighted by molar-refractivity contribution is 5.84. The van der Waals surface area contributed by atoms with Crippen LogP contribution in [-0.4, -0.2) is 46.7 Å². The topological polar surface area (TPSA) is 72.5 Å². The maximum absolute atomic E-state index is 12.9. The summed E-state index contributed by atoms with van der Waals surface area (Å²) in [6, 6.07) is 3.70. The Kier molecular flexibility index (Phi) is 5.08. The van der Waals surface area contributed by atoms with Crippen LogP contribution in [-0.2, 0) is 29.7 Å². The summed E-state index contributed by atoms with van der Waals surface area (Å²) < 4.78 is 12.8. The standard InChI is InChI=1S/C19H26N4O3/c1-22-13-21-17-12-23(10-14-4-7-25-8-5-14)11-16(18(17)22)19(24)20-9-15-3-2-6-26-15/h2-3,6,13-14,16H,4-5,7-12H2,1H3,(H,20,24)/t16-/m1/s1. The predicted molar refractivity (Wildman–Crippen MR) is 95.3 cm³/mol. The van der Waals surface area contributed by atoms with Gasteiger partial charge in [-0.05, 0) is 30.9 Å². The van der Waals surface area contributed by atoms with Gasteiger partial charge in [0.2, 0.25) is 5.91 Å². The molecule has 2 aromatic heterocycles. The Morgan fingerprint density at radius 1 is 1.38 bits per heavy atom. The number of aromatic nitrogens is 2. The second kappa shape index (κ2) is 7.63. The van der Waals surface area contributed by atoms with E-state index in [2.05, 4.69) is 15.2 Å². The number of furan rings is 1. The molecule has 140 valence electrons. The Hall–Kier alpha value is -2.12. The number of carbonyl (C=O) groups is 1. The van der Waals surface area contributed by atoms with E-state index in [1.165, 1.54) is 0 Å². The van der Waals surface area contributed by atoms with E-state index in [0.717, 1.165) is 62.8 Å². The molecule has 0 radical (unpaired) electrons. The molecule has 0 unspecified atom stereocenters. The van der Waals surface area contributed by atoms with E-state index in [-0.39, 0.29) is 11.8 Å². The lowest BCUT2D eigenvalue weighted by Crippen LogP contribution is -2.44. The van der Waals surface area contributed by atoms with Crippen LogP contribution in [0.1, 0.15) is 35.9 Å². The van der Waals surface area contributed by atoms with Crippen molar-refractivity contribution in [2.75, 3.05) is 26.3 Å². The van der Waals surface area contributed by atoms with Crippen LogP contribution >= 0.6 is 0 Å². The summed E-state index contributed by atoms with van der Waals surface area (Å²) in [5.74, 6) is 1.23. The van der Waals surface area contributed by atoms with Crippen molar-refractivity contribution < 1.29 is 13.9 Å². The first kappa shape index (κ1) is 17.3. The quantitative estimate of drug-likeness (QED) is 0.880. The lowest BCUT2D eigenvalue weighted by molar-refractivity contribution is -0.123. The molecule has 7 heteroatoms. The number of ether oxygens (including phenoxy) is 1. The number of amides is 1. The monoisotopic (exact) mass is 358 g/mol. The molecule has 0 aliphatic carbocycles. The Bertz CT molecular complexity index is 734. The molecule has 1 saturated heterocycles. The Balaban J connectivity index is 1.46. The van der Waals surface area contributed by atoms with Gasteiger partial charge in [0.05, 0.1) is 36.4 Å². The highest BCUT2D eigenvalue weighted by Gasteiger charge is 2.34. The van der Waals surface area contributed by atoms with Crippen LogP contribution in [0.25, 0.3) is 0 Å². The fraction of sp³-hybridized carbons (Fsp3) is 0.579. The van der Waals surface area contributed by atoms with Crippen molar-refractivity contribution in [2.24, 2.45) is 13.0 Å². The highest BCUT2D eigenvalue weighted by atomic mass is 16.5. The van der Waals surface area contributed by atoms with E-state index in [9.17, 15) is 4.79 Å². The molecule has 1 atom stereocenters. The molecule has 1 fully saturated rings. The van der Waals surface area contributed by atoms with E-state index in [0.29, 0.717) is 12.5 Å². The van der Waals surface area contributed by atoms with Gasteiger partial charge in [-0.1, -0.05) is 0 Å². The number of rotatable bonds is 5. The van der Waals surface area contributed by atoms with Gasteiger partial charge >= 0.3 is 0 Å². The summed E-state index contributed by atoms with van der Waals surface area (Å²) in [6.45, 7) is 4.65. The van der Waals surface area contributed by atoms with Crippen molar-refractivity contribution >= 4 is 5.91 Å². The number of aryl methyl sites for hydroxylation is 1. The van der Waals surface area contributed by atoms with Crippen molar-refractivity contribution in [1.82, 2.24) is 19.8 Å². The van der Waals surface area contributed by atoms with Gasteiger partial charge in [-0.25, -0.2) is 4.98 Å². The van der Waals surface area contributed by atoms with Crippen molar-refractivity contribution in [1.29, 1.82) is 0 Å². The van der Waals surface area contributed by atoms with E-state index in [1.54, 1.807) is 6.26 Å². The van der Waals surface area contributed by atoms with Crippen LogP contribution in [0.3, 0.4) is 0 Å². The Labute approximate surface area is 153 Å². The predicted octanol–water partition coefficient (Wildman–Crippen LogP) is 1.66. The third-order valence-corrected chi connectivity index (χ3v) is 5.40. The molecular weight excluding hydrogens is 332 g/mol. The molecule has 2 aromatic rings. The molecule has 7 nitrogen and oxygen atoms in total. The normalized spacial score (nSPS) is 21.5.